The summed E-state index contributed by atoms with van der Waals surface area (Å²) in [4.78, 5) is 21.5. The molecule has 1 N–H and O–H groups in total. The number of nitrogens with one attached hydrogen (secondary N) is 1. The number of ether oxygens (including phenoxy) is 2. The third-order valence-electron chi connectivity index (χ3n) is 5.76. The van der Waals surface area contributed by atoms with Crippen molar-refractivity contribution >= 4 is 11.7 Å². The molecule has 3 aromatic rings. The average molecular weight is 409 g/mol. The van der Waals surface area contributed by atoms with Gasteiger partial charge in [0.1, 0.15) is 5.75 Å². The van der Waals surface area contributed by atoms with Crippen molar-refractivity contribution in [1.82, 2.24) is 24.9 Å². The third-order valence-corrected chi connectivity index (χ3v) is 5.76. The van der Waals surface area contributed by atoms with Gasteiger partial charge in [0.05, 0.1) is 13.5 Å². The summed E-state index contributed by atoms with van der Waals surface area (Å²) < 4.78 is 12.5. The number of hydrogen-bond acceptors (Lipinski definition) is 6. The molecule has 2 aromatic heterocycles. The molecule has 8 nitrogen and oxygen atoms in total. The Morgan fingerprint density at radius 1 is 1.20 bits per heavy atom. The van der Waals surface area contributed by atoms with E-state index in [0.717, 1.165) is 30.0 Å². The minimum atomic E-state index is -0.151. The summed E-state index contributed by atoms with van der Waals surface area (Å²) in [7, 11) is 1.66. The summed E-state index contributed by atoms with van der Waals surface area (Å²) >= 11 is 0. The molecule has 1 fully saturated rings. The number of aryl methyl sites for hydroxylation is 2. The SMILES string of the molecule is COc1ccc(C2(CNC(=O)Cc3nc4nc(C)cc(C)n4n3)CCOCC2)cc1. The van der Waals surface area contributed by atoms with Crippen LogP contribution in [0.5, 0.6) is 5.75 Å². The Morgan fingerprint density at radius 2 is 1.93 bits per heavy atom. The molecule has 0 radical (unpaired) electrons. The largest absolute Gasteiger partial charge is 0.497 e. The van der Waals surface area contributed by atoms with Gasteiger partial charge in [-0.1, -0.05) is 12.1 Å². The zero-order valence-electron chi connectivity index (χ0n) is 17.6. The van der Waals surface area contributed by atoms with E-state index < -0.39 is 0 Å². The number of hydrogen-bond donors (Lipinski definition) is 1. The molecular formula is C22H27N5O3. The molecule has 0 aliphatic carbocycles. The van der Waals surface area contributed by atoms with Gasteiger partial charge in [-0.05, 0) is 50.5 Å². The van der Waals surface area contributed by atoms with Crippen LogP contribution >= 0.6 is 0 Å². The van der Waals surface area contributed by atoms with Crippen molar-refractivity contribution in [2.24, 2.45) is 0 Å². The summed E-state index contributed by atoms with van der Waals surface area (Å²) in [6.07, 6.45) is 1.83. The number of nitrogens with zero attached hydrogens (tertiary/aromatic N) is 4. The first-order chi connectivity index (χ1) is 14.5. The summed E-state index contributed by atoms with van der Waals surface area (Å²) in [6.45, 7) is 5.77. The number of aromatic nitrogens is 4. The van der Waals surface area contributed by atoms with E-state index in [-0.39, 0.29) is 17.7 Å². The highest BCUT2D eigenvalue weighted by Crippen LogP contribution is 2.35. The quantitative estimate of drug-likeness (QED) is 0.671. The second kappa shape index (κ2) is 8.39. The van der Waals surface area contributed by atoms with E-state index in [0.29, 0.717) is 31.4 Å². The number of rotatable bonds is 6. The lowest BCUT2D eigenvalue weighted by atomic mass is 9.74. The molecule has 0 saturated carbocycles. The molecule has 1 aromatic carbocycles. The van der Waals surface area contributed by atoms with Gasteiger partial charge in [0.25, 0.3) is 5.78 Å². The van der Waals surface area contributed by atoms with Crippen LogP contribution < -0.4 is 10.1 Å². The molecule has 1 aliphatic heterocycles. The van der Waals surface area contributed by atoms with Gasteiger partial charge in [-0.2, -0.15) is 4.98 Å². The van der Waals surface area contributed by atoms with E-state index in [9.17, 15) is 4.79 Å². The topological polar surface area (TPSA) is 90.6 Å². The Morgan fingerprint density at radius 3 is 2.63 bits per heavy atom. The van der Waals surface area contributed by atoms with Gasteiger partial charge in [0.15, 0.2) is 5.82 Å². The smallest absolute Gasteiger partial charge is 0.252 e. The Labute approximate surface area is 175 Å². The lowest BCUT2D eigenvalue weighted by Crippen LogP contribution is -2.45. The van der Waals surface area contributed by atoms with Crippen molar-refractivity contribution < 1.29 is 14.3 Å². The van der Waals surface area contributed by atoms with Crippen LogP contribution in [0.15, 0.2) is 30.3 Å². The van der Waals surface area contributed by atoms with Crippen molar-refractivity contribution in [2.75, 3.05) is 26.9 Å². The predicted octanol–water partition coefficient (Wildman–Crippen LogP) is 2.16. The first-order valence-electron chi connectivity index (χ1n) is 10.2. The maximum atomic E-state index is 12.7. The molecular weight excluding hydrogens is 382 g/mol. The molecule has 0 spiro atoms. The Kier molecular flexibility index (Phi) is 5.67. The Balaban J connectivity index is 1.47. The Hall–Kier alpha value is -3.00. The van der Waals surface area contributed by atoms with Gasteiger partial charge in [-0.15, -0.1) is 5.10 Å². The Bertz CT molecular complexity index is 1040. The number of carbonyl (C=O) groups is 1. The van der Waals surface area contributed by atoms with Crippen LogP contribution in [0.1, 0.15) is 35.6 Å². The molecule has 1 amide bonds. The van der Waals surface area contributed by atoms with Gasteiger partial charge in [0, 0.05) is 36.6 Å². The highest BCUT2D eigenvalue weighted by Gasteiger charge is 2.35. The predicted molar refractivity (Wildman–Crippen MR) is 112 cm³/mol. The maximum Gasteiger partial charge on any atom is 0.252 e. The standard InChI is InChI=1S/C22H27N5O3/c1-15-12-16(2)27-21(24-15)25-19(26-27)13-20(28)23-14-22(8-10-30-11-9-22)17-4-6-18(29-3)7-5-17/h4-7,12H,8-11,13-14H2,1-3H3,(H,23,28). The van der Waals surface area contributed by atoms with Crippen LogP contribution in [-0.2, 0) is 21.4 Å². The van der Waals surface area contributed by atoms with Crippen LogP contribution in [0.3, 0.4) is 0 Å². The third kappa shape index (κ3) is 4.14. The molecule has 1 aliphatic rings. The van der Waals surface area contributed by atoms with Crippen LogP contribution in [0.2, 0.25) is 0 Å². The second-order valence-corrected chi connectivity index (χ2v) is 7.85. The first-order valence-corrected chi connectivity index (χ1v) is 10.2. The monoisotopic (exact) mass is 409 g/mol. The number of methoxy groups -OCH3 is 1. The van der Waals surface area contributed by atoms with Gasteiger partial charge >= 0.3 is 0 Å². The number of amides is 1. The highest BCUT2D eigenvalue weighted by molar-refractivity contribution is 5.78. The molecule has 4 rings (SSSR count). The van der Waals surface area contributed by atoms with Crippen molar-refractivity contribution in [1.29, 1.82) is 0 Å². The number of carbonyl (C=O) groups excluding carboxylic acids is 1. The fraction of sp³-hybridized carbons (Fsp3) is 0.455. The lowest BCUT2D eigenvalue weighted by molar-refractivity contribution is -0.121. The van der Waals surface area contributed by atoms with E-state index in [1.54, 1.807) is 11.6 Å². The van der Waals surface area contributed by atoms with Crippen LogP contribution in [0, 0.1) is 13.8 Å². The molecule has 0 atom stereocenters. The minimum Gasteiger partial charge on any atom is -0.497 e. The summed E-state index contributed by atoms with van der Waals surface area (Å²) in [5.74, 6) is 1.72. The van der Waals surface area contributed by atoms with E-state index >= 15 is 0 Å². The summed E-state index contributed by atoms with van der Waals surface area (Å²) in [5, 5.41) is 7.53. The average Bonchev–Trinajstić information content (AvgIpc) is 3.15. The normalized spacial score (nSPS) is 15.8. The van der Waals surface area contributed by atoms with Crippen LogP contribution in [0.25, 0.3) is 5.78 Å². The van der Waals surface area contributed by atoms with Gasteiger partial charge in [-0.3, -0.25) is 4.79 Å². The van der Waals surface area contributed by atoms with Crippen molar-refractivity contribution in [3.63, 3.8) is 0 Å². The van der Waals surface area contributed by atoms with E-state index in [1.165, 1.54) is 5.56 Å². The molecule has 158 valence electrons. The molecule has 30 heavy (non-hydrogen) atoms. The zero-order valence-corrected chi connectivity index (χ0v) is 17.6. The van der Waals surface area contributed by atoms with Crippen LogP contribution in [-0.4, -0.2) is 52.4 Å². The first kappa shape index (κ1) is 20.3. The molecule has 0 bridgehead atoms. The fourth-order valence-corrected chi connectivity index (χ4v) is 4.03. The molecule has 3 heterocycles. The van der Waals surface area contributed by atoms with Crippen molar-refractivity contribution in [2.45, 2.75) is 38.5 Å². The van der Waals surface area contributed by atoms with Gasteiger partial charge < -0.3 is 14.8 Å². The summed E-state index contributed by atoms with van der Waals surface area (Å²) in [5.41, 5.74) is 2.86. The van der Waals surface area contributed by atoms with E-state index in [2.05, 4.69) is 32.5 Å². The zero-order chi connectivity index (χ0) is 21.1. The highest BCUT2D eigenvalue weighted by atomic mass is 16.5. The minimum absolute atomic E-state index is 0.0975. The second-order valence-electron chi connectivity index (χ2n) is 7.85. The maximum absolute atomic E-state index is 12.7. The van der Waals surface area contributed by atoms with Gasteiger partial charge in [-0.25, -0.2) is 9.50 Å². The van der Waals surface area contributed by atoms with Crippen molar-refractivity contribution in [3.05, 3.63) is 53.1 Å². The van der Waals surface area contributed by atoms with E-state index in [1.807, 2.05) is 32.0 Å². The van der Waals surface area contributed by atoms with Gasteiger partial charge in [0.2, 0.25) is 5.91 Å². The molecule has 1 saturated heterocycles. The van der Waals surface area contributed by atoms with E-state index in [4.69, 9.17) is 9.47 Å². The van der Waals surface area contributed by atoms with Crippen molar-refractivity contribution in [3.8, 4) is 5.75 Å². The lowest BCUT2D eigenvalue weighted by Gasteiger charge is -2.38. The summed E-state index contributed by atoms with van der Waals surface area (Å²) in [6, 6.07) is 10.0. The number of benzene rings is 1. The number of fused-ring (bicyclic) bond motifs is 1. The molecule has 0 unspecified atom stereocenters. The molecule has 8 heteroatoms. The fourth-order valence-electron chi connectivity index (χ4n) is 4.03. The van der Waals surface area contributed by atoms with Crippen LogP contribution in [0.4, 0.5) is 0 Å².